The number of unbranched alkanes of at least 4 members (excludes halogenated alkanes) is 3. The zero-order valence-corrected chi connectivity index (χ0v) is 15.2. The molecule has 2 aromatic rings. The summed E-state index contributed by atoms with van der Waals surface area (Å²) in [6.07, 6.45) is 6.46. The SMILES string of the molecule is CCCCCCc1cc(-c2ccccc2)[n+](C)n1C.[O-][Cl+3]([O-])([O-])[O-]. The van der Waals surface area contributed by atoms with Crippen LogP contribution in [0.3, 0.4) is 0 Å². The van der Waals surface area contributed by atoms with Gasteiger partial charge in [0.1, 0.15) is 0 Å². The van der Waals surface area contributed by atoms with Gasteiger partial charge in [0, 0.05) is 11.6 Å². The highest BCUT2D eigenvalue weighted by atomic mass is 35.7. The molecule has 7 heteroatoms. The summed E-state index contributed by atoms with van der Waals surface area (Å²) >= 11 is 0. The highest BCUT2D eigenvalue weighted by Crippen LogP contribution is 2.18. The van der Waals surface area contributed by atoms with E-state index in [-0.39, 0.29) is 0 Å². The van der Waals surface area contributed by atoms with Crippen molar-refractivity contribution >= 4 is 0 Å². The molecule has 2 rings (SSSR count). The number of hydrogen-bond acceptors (Lipinski definition) is 4. The molecular formula is C17H25ClN2O4. The van der Waals surface area contributed by atoms with Crippen LogP contribution in [0.25, 0.3) is 11.3 Å². The monoisotopic (exact) mass is 356 g/mol. The molecule has 0 saturated heterocycles. The molecule has 0 radical (unpaired) electrons. The zero-order valence-electron chi connectivity index (χ0n) is 14.4. The van der Waals surface area contributed by atoms with Crippen molar-refractivity contribution in [2.24, 2.45) is 14.1 Å². The number of rotatable bonds is 6. The van der Waals surface area contributed by atoms with Crippen LogP contribution >= 0.6 is 0 Å². The Labute approximate surface area is 145 Å². The Hall–Kier alpha value is -1.44. The van der Waals surface area contributed by atoms with Crippen molar-refractivity contribution in [3.8, 4) is 11.3 Å². The van der Waals surface area contributed by atoms with Crippen LogP contribution < -0.4 is 23.3 Å². The van der Waals surface area contributed by atoms with Crippen LogP contribution in [-0.2, 0) is 20.5 Å². The van der Waals surface area contributed by atoms with E-state index < -0.39 is 10.2 Å². The maximum Gasteiger partial charge on any atom is 0.238 e. The third-order valence-corrected chi connectivity index (χ3v) is 3.87. The molecule has 134 valence electrons. The third kappa shape index (κ3) is 7.42. The largest absolute Gasteiger partial charge is 0.238 e. The van der Waals surface area contributed by atoms with Crippen LogP contribution in [0, 0.1) is 10.2 Å². The quantitative estimate of drug-likeness (QED) is 0.483. The summed E-state index contributed by atoms with van der Waals surface area (Å²) in [5.74, 6) is 0. The van der Waals surface area contributed by atoms with Gasteiger partial charge in [0.05, 0.1) is 12.7 Å². The molecule has 0 aliphatic heterocycles. The number of benzene rings is 1. The molecule has 1 aromatic carbocycles. The Balaban J connectivity index is 0.000000505. The first kappa shape index (κ1) is 20.6. The van der Waals surface area contributed by atoms with Gasteiger partial charge in [-0.05, 0) is 25.0 Å². The van der Waals surface area contributed by atoms with Gasteiger partial charge in [-0.1, -0.05) is 44.4 Å². The van der Waals surface area contributed by atoms with Crippen LogP contribution in [-0.4, -0.2) is 4.68 Å². The van der Waals surface area contributed by atoms with Crippen LogP contribution in [0.2, 0.25) is 0 Å². The molecule has 0 fully saturated rings. The summed E-state index contributed by atoms with van der Waals surface area (Å²) in [6.45, 7) is 2.26. The molecule has 0 bridgehead atoms. The van der Waals surface area contributed by atoms with Gasteiger partial charge in [-0.15, -0.1) is 14.9 Å². The molecule has 0 unspecified atom stereocenters. The first-order valence-electron chi connectivity index (χ1n) is 7.96. The van der Waals surface area contributed by atoms with Crippen molar-refractivity contribution in [2.75, 3.05) is 0 Å². The van der Waals surface area contributed by atoms with Gasteiger partial charge < -0.3 is 0 Å². The van der Waals surface area contributed by atoms with E-state index >= 15 is 0 Å². The number of nitrogens with zero attached hydrogens (tertiary/aromatic N) is 2. The van der Waals surface area contributed by atoms with Gasteiger partial charge in [0.15, 0.2) is 7.05 Å². The van der Waals surface area contributed by atoms with E-state index in [1.165, 1.54) is 49.1 Å². The minimum absolute atomic E-state index is 1.18. The Bertz CT molecular complexity index is 603. The zero-order chi connectivity index (χ0) is 18.2. The molecule has 0 N–H and O–H groups in total. The summed E-state index contributed by atoms with van der Waals surface area (Å²) < 4.78 is 38.5. The molecule has 0 atom stereocenters. The maximum atomic E-state index is 8.49. The van der Waals surface area contributed by atoms with Crippen LogP contribution in [0.15, 0.2) is 36.4 Å². The van der Waals surface area contributed by atoms with Gasteiger partial charge in [-0.3, -0.25) is 0 Å². The molecule has 0 aliphatic carbocycles. The third-order valence-electron chi connectivity index (χ3n) is 3.87. The van der Waals surface area contributed by atoms with Crippen molar-refractivity contribution in [1.29, 1.82) is 0 Å². The van der Waals surface area contributed by atoms with Crippen LogP contribution in [0.5, 0.6) is 0 Å². The molecule has 24 heavy (non-hydrogen) atoms. The lowest BCUT2D eigenvalue weighted by Gasteiger charge is -2.17. The average Bonchev–Trinajstić information content (AvgIpc) is 2.79. The predicted octanol–water partition coefficient (Wildman–Crippen LogP) is -1.12. The van der Waals surface area contributed by atoms with Crippen LogP contribution in [0.4, 0.5) is 0 Å². The topological polar surface area (TPSA) is 101 Å². The van der Waals surface area contributed by atoms with E-state index in [4.69, 9.17) is 18.6 Å². The van der Waals surface area contributed by atoms with Gasteiger partial charge in [-0.2, -0.15) is 4.68 Å². The second kappa shape index (κ2) is 9.76. The summed E-state index contributed by atoms with van der Waals surface area (Å²) in [7, 11) is -0.653. The van der Waals surface area contributed by atoms with Crippen molar-refractivity contribution in [3.05, 3.63) is 42.1 Å². The summed E-state index contributed by atoms with van der Waals surface area (Å²) in [5.41, 5.74) is 4.02. The van der Waals surface area contributed by atoms with E-state index in [1.54, 1.807) is 0 Å². The van der Waals surface area contributed by atoms with Gasteiger partial charge >= 0.3 is 0 Å². The molecule has 0 amide bonds. The van der Waals surface area contributed by atoms with Crippen molar-refractivity contribution in [3.63, 3.8) is 0 Å². The molecular weight excluding hydrogens is 332 g/mol. The summed E-state index contributed by atoms with van der Waals surface area (Å²) in [5, 5.41) is 0. The number of halogens is 1. The number of aromatic nitrogens is 2. The lowest BCUT2D eigenvalue weighted by molar-refractivity contribution is -2.00. The lowest BCUT2D eigenvalue weighted by Crippen LogP contribution is -2.68. The maximum absolute atomic E-state index is 8.49. The summed E-state index contributed by atoms with van der Waals surface area (Å²) in [4.78, 5) is 0. The van der Waals surface area contributed by atoms with Crippen molar-refractivity contribution < 1.29 is 33.6 Å². The predicted molar refractivity (Wildman–Crippen MR) is 79.9 cm³/mol. The molecule has 0 saturated carbocycles. The smallest absolute Gasteiger partial charge is 0.222 e. The minimum Gasteiger partial charge on any atom is -0.222 e. The van der Waals surface area contributed by atoms with Crippen molar-refractivity contribution in [1.82, 2.24) is 4.68 Å². The first-order valence-corrected chi connectivity index (χ1v) is 9.19. The van der Waals surface area contributed by atoms with E-state index in [0.29, 0.717) is 0 Å². The van der Waals surface area contributed by atoms with E-state index in [1.807, 2.05) is 0 Å². The lowest BCUT2D eigenvalue weighted by atomic mass is 10.1. The normalized spacial score (nSPS) is 11.1. The Morgan fingerprint density at radius 2 is 1.58 bits per heavy atom. The fraction of sp³-hybridized carbons (Fsp3) is 0.471. The van der Waals surface area contributed by atoms with Gasteiger partial charge in [-0.25, -0.2) is 18.6 Å². The molecule has 1 aromatic heterocycles. The summed E-state index contributed by atoms with van der Waals surface area (Å²) in [6, 6.07) is 13.0. The van der Waals surface area contributed by atoms with Crippen LogP contribution in [0.1, 0.15) is 38.3 Å². The Morgan fingerprint density at radius 3 is 2.12 bits per heavy atom. The van der Waals surface area contributed by atoms with Gasteiger partial charge in [0.2, 0.25) is 5.69 Å². The Kier molecular flexibility index (Phi) is 8.38. The second-order valence-corrected chi connectivity index (χ2v) is 6.38. The first-order chi connectivity index (χ1) is 11.2. The average molecular weight is 357 g/mol. The molecule has 0 spiro atoms. The van der Waals surface area contributed by atoms with Gasteiger partial charge in [0.25, 0.3) is 0 Å². The number of aryl methyl sites for hydroxylation is 1. The second-order valence-electron chi connectivity index (χ2n) is 5.62. The fourth-order valence-corrected chi connectivity index (χ4v) is 2.54. The Morgan fingerprint density at radius 1 is 1.00 bits per heavy atom. The standard InChI is InChI=1S/C17H25N2.ClHO4/c1-4-5-6-10-13-16-14-17(19(3)18(16)2)15-11-8-7-9-12-15;2-1(3,4)5/h7-9,11-12,14H,4-6,10,13H2,1-3H3;(H,2,3,4,5)/q+1;/p-1. The number of hydrogen-bond donors (Lipinski definition) is 0. The molecule has 0 aliphatic rings. The van der Waals surface area contributed by atoms with Crippen molar-refractivity contribution in [2.45, 2.75) is 39.0 Å². The fourth-order valence-electron chi connectivity index (χ4n) is 2.54. The van der Waals surface area contributed by atoms with E-state index in [9.17, 15) is 0 Å². The molecule has 1 heterocycles. The minimum atomic E-state index is -4.94. The highest BCUT2D eigenvalue weighted by molar-refractivity contribution is 5.56. The highest BCUT2D eigenvalue weighted by Gasteiger charge is 2.17. The van der Waals surface area contributed by atoms with E-state index in [2.05, 4.69) is 66.8 Å². The molecule has 6 nitrogen and oxygen atoms in total. The van der Waals surface area contributed by atoms with E-state index in [0.717, 1.165) is 0 Å².